The van der Waals surface area contributed by atoms with Crippen molar-refractivity contribution in [1.82, 2.24) is 9.55 Å². The summed E-state index contributed by atoms with van der Waals surface area (Å²) in [7, 11) is 0. The first kappa shape index (κ1) is 15.0. The van der Waals surface area contributed by atoms with Crippen LogP contribution < -0.4 is 5.73 Å². The Morgan fingerprint density at radius 2 is 2.05 bits per heavy atom. The largest absolute Gasteiger partial charge is 0.478 e. The van der Waals surface area contributed by atoms with Crippen LogP contribution >= 0.6 is 0 Å². The van der Waals surface area contributed by atoms with Crippen LogP contribution in [0.25, 0.3) is 11.0 Å². The zero-order valence-corrected chi connectivity index (χ0v) is 12.4. The number of carboxylic acid groups (broad SMARTS) is 1. The number of fused-ring (bicyclic) bond motifs is 1. The second-order valence-electron chi connectivity index (χ2n) is 5.72. The van der Waals surface area contributed by atoms with Crippen molar-refractivity contribution in [2.24, 2.45) is 11.1 Å². The van der Waals surface area contributed by atoms with Gasteiger partial charge in [-0.2, -0.15) is 0 Å². The Morgan fingerprint density at radius 3 is 2.57 bits per heavy atom. The van der Waals surface area contributed by atoms with E-state index < -0.39 is 11.4 Å². The molecule has 0 atom stereocenters. The first-order valence-electron chi connectivity index (χ1n) is 6.78. The molecular weight excluding hydrogens is 270 g/mol. The molecule has 6 nitrogen and oxygen atoms in total. The van der Waals surface area contributed by atoms with Crippen LogP contribution in [0.2, 0.25) is 0 Å². The summed E-state index contributed by atoms with van der Waals surface area (Å²) in [6, 6.07) is 4.81. The van der Waals surface area contributed by atoms with Crippen LogP contribution in [0.5, 0.6) is 0 Å². The van der Waals surface area contributed by atoms with Crippen molar-refractivity contribution in [3.8, 4) is 0 Å². The smallest absolute Gasteiger partial charge is 0.335 e. The molecule has 0 spiro atoms. The highest BCUT2D eigenvalue weighted by molar-refractivity contribution is 5.92. The molecule has 3 N–H and O–H groups in total. The highest BCUT2D eigenvalue weighted by Gasteiger charge is 2.27. The van der Waals surface area contributed by atoms with Crippen LogP contribution in [0.3, 0.4) is 0 Å². The molecule has 1 aromatic carbocycles. The number of imidazole rings is 1. The van der Waals surface area contributed by atoms with E-state index in [-0.39, 0.29) is 11.5 Å². The van der Waals surface area contributed by atoms with Gasteiger partial charge >= 0.3 is 5.97 Å². The SMILES string of the molecule is CCc1nc2cc(C(=O)O)ccc2n1CC(C)(C)C(N)=O. The summed E-state index contributed by atoms with van der Waals surface area (Å²) in [5.41, 5.74) is 6.36. The first-order valence-corrected chi connectivity index (χ1v) is 6.78. The highest BCUT2D eigenvalue weighted by Crippen LogP contribution is 2.24. The third-order valence-electron chi connectivity index (χ3n) is 3.61. The summed E-state index contributed by atoms with van der Waals surface area (Å²) < 4.78 is 1.94. The maximum atomic E-state index is 11.5. The molecule has 0 saturated carbocycles. The van der Waals surface area contributed by atoms with Gasteiger partial charge in [-0.3, -0.25) is 4.79 Å². The van der Waals surface area contributed by atoms with Gasteiger partial charge in [-0.25, -0.2) is 9.78 Å². The van der Waals surface area contributed by atoms with Gasteiger partial charge in [0.05, 0.1) is 22.0 Å². The first-order chi connectivity index (χ1) is 9.76. The van der Waals surface area contributed by atoms with Gasteiger partial charge in [0.15, 0.2) is 0 Å². The van der Waals surface area contributed by atoms with Crippen molar-refractivity contribution in [3.05, 3.63) is 29.6 Å². The average Bonchev–Trinajstić information content (AvgIpc) is 2.75. The Bertz CT molecular complexity index is 716. The minimum atomic E-state index is -0.984. The number of amides is 1. The number of nitrogens with zero attached hydrogens (tertiary/aromatic N) is 2. The molecule has 0 saturated heterocycles. The maximum Gasteiger partial charge on any atom is 0.335 e. The molecule has 2 aromatic rings. The van der Waals surface area contributed by atoms with Crippen LogP contribution in [0.1, 0.15) is 37.0 Å². The van der Waals surface area contributed by atoms with Gasteiger partial charge in [0.25, 0.3) is 0 Å². The number of carbonyl (C=O) groups excluding carboxylic acids is 1. The lowest BCUT2D eigenvalue weighted by molar-refractivity contribution is -0.126. The van der Waals surface area contributed by atoms with E-state index in [9.17, 15) is 9.59 Å². The molecule has 0 radical (unpaired) electrons. The van der Waals surface area contributed by atoms with E-state index in [4.69, 9.17) is 10.8 Å². The molecule has 0 aliphatic carbocycles. The van der Waals surface area contributed by atoms with E-state index in [2.05, 4.69) is 4.98 Å². The highest BCUT2D eigenvalue weighted by atomic mass is 16.4. The number of carbonyl (C=O) groups is 2. The van der Waals surface area contributed by atoms with Gasteiger partial charge in [-0.15, -0.1) is 0 Å². The Kier molecular flexibility index (Phi) is 3.72. The Morgan fingerprint density at radius 1 is 1.38 bits per heavy atom. The van der Waals surface area contributed by atoms with Crippen molar-refractivity contribution in [3.63, 3.8) is 0 Å². The lowest BCUT2D eigenvalue weighted by atomic mass is 9.92. The number of carboxylic acids is 1. The molecule has 0 aliphatic heterocycles. The van der Waals surface area contributed by atoms with Gasteiger partial charge in [-0.1, -0.05) is 6.92 Å². The topological polar surface area (TPSA) is 98.2 Å². The minimum absolute atomic E-state index is 0.198. The molecular formula is C15H19N3O3. The second-order valence-corrected chi connectivity index (χ2v) is 5.72. The number of aromatic nitrogens is 2. The normalized spacial score (nSPS) is 11.8. The molecule has 112 valence electrons. The van der Waals surface area contributed by atoms with Gasteiger partial charge in [0.1, 0.15) is 5.82 Å². The number of benzene rings is 1. The Hall–Kier alpha value is -2.37. The summed E-state index contributed by atoms with van der Waals surface area (Å²) in [6.07, 6.45) is 0.686. The standard InChI is InChI=1S/C15H19N3O3/c1-4-12-17-10-7-9(13(19)20)5-6-11(10)18(12)8-15(2,3)14(16)21/h5-7H,4,8H2,1-3H3,(H2,16,21)(H,19,20). The summed E-state index contributed by atoms with van der Waals surface area (Å²) >= 11 is 0. The van der Waals surface area contributed by atoms with Gasteiger partial charge in [0.2, 0.25) is 5.91 Å². The van der Waals surface area contributed by atoms with Crippen molar-refractivity contribution in [2.75, 3.05) is 0 Å². The van der Waals surface area contributed by atoms with Crippen molar-refractivity contribution >= 4 is 22.9 Å². The summed E-state index contributed by atoms with van der Waals surface area (Å²) in [4.78, 5) is 27.0. The zero-order chi connectivity index (χ0) is 15.8. The maximum absolute atomic E-state index is 11.5. The lowest BCUT2D eigenvalue weighted by Gasteiger charge is -2.22. The number of hydrogen-bond acceptors (Lipinski definition) is 3. The summed E-state index contributed by atoms with van der Waals surface area (Å²) in [5.74, 6) is -0.558. The number of rotatable bonds is 5. The van der Waals surface area contributed by atoms with Crippen molar-refractivity contribution in [2.45, 2.75) is 33.7 Å². The summed E-state index contributed by atoms with van der Waals surface area (Å²) in [6.45, 7) is 5.94. The number of nitrogens with two attached hydrogens (primary N) is 1. The quantitative estimate of drug-likeness (QED) is 0.877. The van der Waals surface area contributed by atoms with Crippen LogP contribution in [0.4, 0.5) is 0 Å². The van der Waals surface area contributed by atoms with Gasteiger partial charge in [-0.05, 0) is 32.0 Å². The molecule has 1 aromatic heterocycles. The monoisotopic (exact) mass is 289 g/mol. The third kappa shape index (κ3) is 2.74. The molecule has 1 heterocycles. The Balaban J connectivity index is 2.57. The molecule has 0 aliphatic rings. The van der Waals surface area contributed by atoms with E-state index in [0.717, 1.165) is 11.3 Å². The molecule has 6 heteroatoms. The predicted octanol–water partition coefficient (Wildman–Crippen LogP) is 1.81. The van der Waals surface area contributed by atoms with E-state index in [1.165, 1.54) is 0 Å². The number of aromatic carboxylic acids is 1. The van der Waals surface area contributed by atoms with Crippen LogP contribution in [-0.2, 0) is 17.8 Å². The molecule has 0 bridgehead atoms. The lowest BCUT2D eigenvalue weighted by Crippen LogP contribution is -2.35. The third-order valence-corrected chi connectivity index (χ3v) is 3.61. The Labute approximate surface area is 122 Å². The van der Waals surface area contributed by atoms with Gasteiger partial charge < -0.3 is 15.4 Å². The summed E-state index contributed by atoms with van der Waals surface area (Å²) in [5, 5.41) is 9.04. The van der Waals surface area contributed by atoms with Crippen molar-refractivity contribution < 1.29 is 14.7 Å². The van der Waals surface area contributed by atoms with Gasteiger partial charge in [0, 0.05) is 13.0 Å². The fourth-order valence-electron chi connectivity index (χ4n) is 2.23. The predicted molar refractivity (Wildman–Crippen MR) is 79.0 cm³/mol. The van der Waals surface area contributed by atoms with E-state index >= 15 is 0 Å². The van der Waals surface area contributed by atoms with E-state index in [1.54, 1.807) is 32.0 Å². The molecule has 2 rings (SSSR count). The molecule has 1 amide bonds. The second kappa shape index (κ2) is 5.20. The molecule has 0 unspecified atom stereocenters. The number of primary amides is 1. The average molecular weight is 289 g/mol. The van der Waals surface area contributed by atoms with Crippen molar-refractivity contribution in [1.29, 1.82) is 0 Å². The number of aryl methyl sites for hydroxylation is 1. The molecule has 0 fully saturated rings. The fraction of sp³-hybridized carbons (Fsp3) is 0.400. The number of hydrogen-bond donors (Lipinski definition) is 2. The molecule has 21 heavy (non-hydrogen) atoms. The van der Waals surface area contributed by atoms with Crippen LogP contribution in [-0.4, -0.2) is 26.5 Å². The fourth-order valence-corrected chi connectivity index (χ4v) is 2.23. The van der Waals surface area contributed by atoms with Crippen LogP contribution in [0.15, 0.2) is 18.2 Å². The minimum Gasteiger partial charge on any atom is -0.478 e. The van der Waals surface area contributed by atoms with E-state index in [1.807, 2.05) is 11.5 Å². The zero-order valence-electron chi connectivity index (χ0n) is 12.4. The van der Waals surface area contributed by atoms with E-state index in [0.29, 0.717) is 18.5 Å². The van der Waals surface area contributed by atoms with Crippen LogP contribution in [0, 0.1) is 5.41 Å².